The third-order valence-corrected chi connectivity index (χ3v) is 9.01. The molecule has 0 unspecified atom stereocenters. The summed E-state index contributed by atoms with van der Waals surface area (Å²) in [5, 5.41) is 4.39. The van der Waals surface area contributed by atoms with Gasteiger partial charge in [0.25, 0.3) is 0 Å². The summed E-state index contributed by atoms with van der Waals surface area (Å²) >= 11 is 0. The number of piperazine rings is 1. The Bertz CT molecular complexity index is 1210. The first-order chi connectivity index (χ1) is 15.9. The van der Waals surface area contributed by atoms with Gasteiger partial charge in [-0.05, 0) is 61.8 Å². The molecule has 0 radical (unpaired) electrons. The van der Waals surface area contributed by atoms with Crippen LogP contribution >= 0.6 is 0 Å². The molecule has 1 amide bonds. The number of rotatable bonds is 4. The van der Waals surface area contributed by atoms with E-state index in [1.165, 1.54) is 14.6 Å². The summed E-state index contributed by atoms with van der Waals surface area (Å²) in [5.74, 6) is 0.558. The van der Waals surface area contributed by atoms with Gasteiger partial charge >= 0.3 is 5.69 Å². The molecule has 0 atom stereocenters. The van der Waals surface area contributed by atoms with Crippen molar-refractivity contribution < 1.29 is 13.2 Å². The second-order valence-corrected chi connectivity index (χ2v) is 11.2. The molecule has 33 heavy (non-hydrogen) atoms. The van der Waals surface area contributed by atoms with Crippen LogP contribution in [0.2, 0.25) is 0 Å². The lowest BCUT2D eigenvalue weighted by Crippen LogP contribution is -2.51. The number of hydrogen-bond acceptors (Lipinski definition) is 5. The normalized spacial score (nSPS) is 19.6. The molecule has 0 spiro atoms. The van der Waals surface area contributed by atoms with E-state index in [4.69, 9.17) is 0 Å². The van der Waals surface area contributed by atoms with Crippen LogP contribution in [0.5, 0.6) is 0 Å². The maximum Gasteiger partial charge on any atom is 0.346 e. The number of carbonyl (C=O) groups is 1. The Kier molecular flexibility index (Phi) is 6.13. The Labute approximate surface area is 194 Å². The van der Waals surface area contributed by atoms with Crippen LogP contribution in [0.1, 0.15) is 49.1 Å². The quantitative estimate of drug-likeness (QED) is 0.664. The molecule has 1 aromatic carbocycles. The van der Waals surface area contributed by atoms with Crippen LogP contribution < -0.4 is 5.69 Å². The van der Waals surface area contributed by atoms with Gasteiger partial charge in [-0.2, -0.15) is 9.40 Å². The standard InChI is InChI=1S/C23H31N5O4S/c29-22(17-28-23(30)27-11-5-1-2-8-21(27)24-28)25-12-14-26(15-13-25)33(31,32)20-10-9-18-6-3-4-7-19(18)16-20/h9-10,16H,1-8,11-15,17H2. The van der Waals surface area contributed by atoms with Crippen LogP contribution in [0.3, 0.4) is 0 Å². The Hall–Kier alpha value is -2.46. The fourth-order valence-electron chi connectivity index (χ4n) is 5.15. The summed E-state index contributed by atoms with van der Waals surface area (Å²) in [6, 6.07) is 5.49. The molecule has 1 aromatic heterocycles. The zero-order valence-electron chi connectivity index (χ0n) is 18.9. The Morgan fingerprint density at radius 3 is 2.39 bits per heavy atom. The minimum atomic E-state index is -3.59. The molecule has 1 aliphatic carbocycles. The minimum Gasteiger partial charge on any atom is -0.338 e. The fourth-order valence-corrected chi connectivity index (χ4v) is 6.63. The van der Waals surface area contributed by atoms with E-state index in [0.29, 0.717) is 24.5 Å². The smallest absolute Gasteiger partial charge is 0.338 e. The number of sulfonamides is 1. The van der Waals surface area contributed by atoms with Crippen LogP contribution in [0.4, 0.5) is 0 Å². The summed E-state index contributed by atoms with van der Waals surface area (Å²) in [4.78, 5) is 27.4. The number of aromatic nitrogens is 3. The first-order valence-electron chi connectivity index (χ1n) is 12.0. The lowest BCUT2D eigenvalue weighted by atomic mass is 9.92. The lowest BCUT2D eigenvalue weighted by molar-refractivity contribution is -0.133. The highest BCUT2D eigenvalue weighted by Crippen LogP contribution is 2.26. The van der Waals surface area contributed by atoms with Gasteiger partial charge in [-0.15, -0.1) is 0 Å². The molecule has 0 bridgehead atoms. The molecule has 2 aliphatic heterocycles. The van der Waals surface area contributed by atoms with Crippen molar-refractivity contribution in [2.75, 3.05) is 26.2 Å². The molecule has 5 rings (SSSR count). The Morgan fingerprint density at radius 2 is 1.61 bits per heavy atom. The second kappa shape index (κ2) is 9.06. The Balaban J connectivity index is 1.23. The zero-order chi connectivity index (χ0) is 23.0. The number of aryl methyl sites for hydroxylation is 3. The number of nitrogens with zero attached hydrogens (tertiary/aromatic N) is 5. The van der Waals surface area contributed by atoms with Gasteiger partial charge < -0.3 is 4.90 Å². The molecule has 3 heterocycles. The number of hydrogen-bond donors (Lipinski definition) is 0. The van der Waals surface area contributed by atoms with E-state index in [9.17, 15) is 18.0 Å². The average molecular weight is 474 g/mol. The SMILES string of the molecule is O=C(Cn1nc2n(c1=O)CCCCC2)N1CCN(S(=O)(=O)c2ccc3c(c2)CCCC3)CC1. The molecule has 3 aliphatic rings. The van der Waals surface area contributed by atoms with Crippen molar-refractivity contribution in [3.05, 3.63) is 45.6 Å². The van der Waals surface area contributed by atoms with E-state index in [2.05, 4.69) is 5.10 Å². The first kappa shape index (κ1) is 22.3. The van der Waals surface area contributed by atoms with Crippen LogP contribution in [0.25, 0.3) is 0 Å². The summed E-state index contributed by atoms with van der Waals surface area (Å²) in [7, 11) is -3.59. The van der Waals surface area contributed by atoms with Crippen molar-refractivity contribution in [3.63, 3.8) is 0 Å². The van der Waals surface area contributed by atoms with Crippen LogP contribution in [-0.2, 0) is 47.2 Å². The lowest BCUT2D eigenvalue weighted by Gasteiger charge is -2.34. The van der Waals surface area contributed by atoms with Gasteiger partial charge in [-0.1, -0.05) is 12.5 Å². The van der Waals surface area contributed by atoms with Crippen LogP contribution in [0, 0.1) is 0 Å². The maximum atomic E-state index is 13.2. The highest BCUT2D eigenvalue weighted by molar-refractivity contribution is 7.89. The molecular formula is C23H31N5O4S. The summed E-state index contributed by atoms with van der Waals surface area (Å²) in [6.45, 7) is 1.67. The molecule has 10 heteroatoms. The molecule has 1 saturated heterocycles. The molecule has 2 aromatic rings. The molecular weight excluding hydrogens is 442 g/mol. The monoisotopic (exact) mass is 473 g/mol. The number of amides is 1. The number of fused-ring (bicyclic) bond motifs is 2. The van der Waals surface area contributed by atoms with Crippen molar-refractivity contribution >= 4 is 15.9 Å². The van der Waals surface area contributed by atoms with Crippen molar-refractivity contribution in [2.24, 2.45) is 0 Å². The topological polar surface area (TPSA) is 97.5 Å². The van der Waals surface area contributed by atoms with Crippen molar-refractivity contribution in [2.45, 2.75) is 69.4 Å². The molecule has 9 nitrogen and oxygen atoms in total. The van der Waals surface area contributed by atoms with E-state index < -0.39 is 10.0 Å². The third-order valence-electron chi connectivity index (χ3n) is 7.12. The van der Waals surface area contributed by atoms with Crippen molar-refractivity contribution in [3.8, 4) is 0 Å². The van der Waals surface area contributed by atoms with Gasteiger partial charge in [0.2, 0.25) is 15.9 Å². The number of benzene rings is 1. The van der Waals surface area contributed by atoms with Crippen LogP contribution in [-0.4, -0.2) is 64.1 Å². The van der Waals surface area contributed by atoms with E-state index in [1.54, 1.807) is 15.5 Å². The predicted molar refractivity (Wildman–Crippen MR) is 122 cm³/mol. The molecule has 1 fully saturated rings. The van der Waals surface area contributed by atoms with E-state index in [1.807, 2.05) is 12.1 Å². The van der Waals surface area contributed by atoms with Gasteiger partial charge in [0.15, 0.2) is 0 Å². The summed E-state index contributed by atoms with van der Waals surface area (Å²) < 4.78 is 30.8. The van der Waals surface area contributed by atoms with Gasteiger partial charge in [0.1, 0.15) is 12.4 Å². The van der Waals surface area contributed by atoms with Gasteiger partial charge in [-0.25, -0.2) is 17.9 Å². The highest BCUT2D eigenvalue weighted by atomic mass is 32.2. The Morgan fingerprint density at radius 1 is 0.879 bits per heavy atom. The van der Waals surface area contributed by atoms with Gasteiger partial charge in [0, 0.05) is 39.1 Å². The van der Waals surface area contributed by atoms with Crippen LogP contribution in [0.15, 0.2) is 27.9 Å². The first-order valence-corrected chi connectivity index (χ1v) is 13.4. The third kappa shape index (κ3) is 4.38. The highest BCUT2D eigenvalue weighted by Gasteiger charge is 2.31. The second-order valence-electron chi connectivity index (χ2n) is 9.24. The minimum absolute atomic E-state index is 0.101. The largest absolute Gasteiger partial charge is 0.346 e. The molecule has 178 valence electrons. The fraction of sp³-hybridized carbons (Fsp3) is 0.609. The number of carbonyl (C=O) groups excluding carboxylic acids is 1. The summed E-state index contributed by atoms with van der Waals surface area (Å²) in [5.41, 5.74) is 2.16. The molecule has 0 saturated carbocycles. The van der Waals surface area contributed by atoms with E-state index in [-0.39, 0.29) is 31.2 Å². The van der Waals surface area contributed by atoms with Crippen molar-refractivity contribution in [1.82, 2.24) is 23.6 Å². The average Bonchev–Trinajstić information content (AvgIpc) is 2.99. The van der Waals surface area contributed by atoms with Gasteiger partial charge in [0.05, 0.1) is 4.90 Å². The van der Waals surface area contributed by atoms with E-state index >= 15 is 0 Å². The maximum absolute atomic E-state index is 13.2. The molecule has 0 N–H and O–H groups in total. The van der Waals surface area contributed by atoms with Gasteiger partial charge in [-0.3, -0.25) is 9.36 Å². The van der Waals surface area contributed by atoms with E-state index in [0.717, 1.165) is 62.8 Å². The zero-order valence-corrected chi connectivity index (χ0v) is 19.7. The summed E-state index contributed by atoms with van der Waals surface area (Å²) in [6.07, 6.45) is 7.99. The predicted octanol–water partition coefficient (Wildman–Crippen LogP) is 1.18. The van der Waals surface area contributed by atoms with Crippen molar-refractivity contribution in [1.29, 1.82) is 0 Å².